The van der Waals surface area contributed by atoms with Gasteiger partial charge in [-0.2, -0.15) is 0 Å². The molecule has 4 rings (SSSR count). The second kappa shape index (κ2) is 3.45. The molecule has 2 bridgehead atoms. The van der Waals surface area contributed by atoms with Gasteiger partial charge in [0.25, 0.3) is 0 Å². The Bertz CT molecular complexity index is 624. The molecule has 1 heterocycles. The highest BCUT2D eigenvalue weighted by atomic mass is 32.1. The number of benzene rings is 1. The first-order valence-corrected chi connectivity index (χ1v) is 6.93. The fraction of sp³-hybridized carbons (Fsp3) is 0.500. The maximum absolute atomic E-state index is 5.51. The van der Waals surface area contributed by atoms with Crippen LogP contribution < -0.4 is 0 Å². The maximum atomic E-state index is 5.51. The summed E-state index contributed by atoms with van der Waals surface area (Å²) in [7, 11) is 0. The average molecular weight is 244 g/mol. The molecule has 2 aliphatic carbocycles. The van der Waals surface area contributed by atoms with Gasteiger partial charge >= 0.3 is 0 Å². The summed E-state index contributed by atoms with van der Waals surface area (Å²) in [4.78, 5) is 3.34. The van der Waals surface area contributed by atoms with E-state index in [2.05, 4.69) is 33.8 Å². The zero-order valence-electron chi connectivity index (χ0n) is 9.73. The Morgan fingerprint density at radius 1 is 1.18 bits per heavy atom. The van der Waals surface area contributed by atoms with Gasteiger partial charge in [-0.25, -0.2) is 0 Å². The molecule has 3 unspecified atom stereocenters. The molecule has 1 aromatic carbocycles. The van der Waals surface area contributed by atoms with Crippen molar-refractivity contribution in [2.75, 3.05) is 0 Å². The number of hydrogen-bond acceptors (Lipinski definition) is 1. The number of fused-ring (bicyclic) bond motifs is 3. The summed E-state index contributed by atoms with van der Waals surface area (Å²) in [6.45, 7) is 0. The number of rotatable bonds is 1. The molecular weight excluding hydrogens is 228 g/mol. The SMILES string of the molecule is S=c1[nH]c2ccccc2n1C1CC2CCC1C2. The molecule has 3 atom stereocenters. The van der Waals surface area contributed by atoms with Crippen LogP contribution in [0, 0.1) is 16.6 Å². The van der Waals surface area contributed by atoms with Crippen molar-refractivity contribution in [3.05, 3.63) is 29.0 Å². The van der Waals surface area contributed by atoms with Crippen LogP contribution in [0.3, 0.4) is 0 Å². The molecule has 0 saturated heterocycles. The van der Waals surface area contributed by atoms with Crippen molar-refractivity contribution in [3.63, 3.8) is 0 Å². The Hall–Kier alpha value is -1.09. The predicted molar refractivity (Wildman–Crippen MR) is 71.6 cm³/mol. The van der Waals surface area contributed by atoms with Gasteiger partial charge in [-0.3, -0.25) is 0 Å². The van der Waals surface area contributed by atoms with Crippen LogP contribution in [0.4, 0.5) is 0 Å². The third-order valence-corrected chi connectivity index (χ3v) is 4.96. The molecule has 1 N–H and O–H groups in total. The first-order valence-electron chi connectivity index (χ1n) is 6.52. The van der Waals surface area contributed by atoms with Crippen LogP contribution in [0.25, 0.3) is 11.0 Å². The summed E-state index contributed by atoms with van der Waals surface area (Å²) in [5, 5.41) is 0. The molecule has 2 nitrogen and oxygen atoms in total. The average Bonchev–Trinajstić information content (AvgIpc) is 2.99. The smallest absolute Gasteiger partial charge is 0.178 e. The lowest BCUT2D eigenvalue weighted by Gasteiger charge is -2.23. The van der Waals surface area contributed by atoms with Crippen LogP contribution in [0.5, 0.6) is 0 Å². The van der Waals surface area contributed by atoms with Gasteiger partial charge in [0.2, 0.25) is 0 Å². The van der Waals surface area contributed by atoms with E-state index in [4.69, 9.17) is 12.2 Å². The lowest BCUT2D eigenvalue weighted by molar-refractivity contribution is 0.333. The van der Waals surface area contributed by atoms with E-state index in [0.717, 1.165) is 16.6 Å². The standard InChI is InChI=1S/C14H16N2S/c17-14-15-11-3-1-2-4-12(11)16(14)13-8-9-5-6-10(13)7-9/h1-4,9-10,13H,5-8H2,(H,15,17). The molecule has 0 amide bonds. The maximum Gasteiger partial charge on any atom is 0.178 e. The number of hydrogen-bond donors (Lipinski definition) is 1. The number of H-pyrrole nitrogens is 1. The van der Waals surface area contributed by atoms with Crippen molar-refractivity contribution in [3.8, 4) is 0 Å². The van der Waals surface area contributed by atoms with Gasteiger partial charge in [-0.05, 0) is 55.4 Å². The normalized spacial score (nSPS) is 31.4. The molecular formula is C14H16N2S. The van der Waals surface area contributed by atoms with Crippen LogP contribution in [-0.4, -0.2) is 9.55 Å². The third kappa shape index (κ3) is 1.35. The van der Waals surface area contributed by atoms with Gasteiger partial charge in [0.05, 0.1) is 11.0 Å². The number of nitrogens with one attached hydrogen (secondary N) is 1. The van der Waals surface area contributed by atoms with Crippen LogP contribution >= 0.6 is 12.2 Å². The second-order valence-corrected chi connectivity index (χ2v) is 5.95. The van der Waals surface area contributed by atoms with E-state index in [1.165, 1.54) is 36.7 Å². The fourth-order valence-corrected chi connectivity index (χ4v) is 4.27. The van der Waals surface area contributed by atoms with Gasteiger partial charge in [-0.1, -0.05) is 18.6 Å². The molecule has 3 heteroatoms. The first-order chi connectivity index (χ1) is 8.33. The van der Waals surface area contributed by atoms with Crippen molar-refractivity contribution in [1.29, 1.82) is 0 Å². The molecule has 2 aliphatic rings. The van der Waals surface area contributed by atoms with Gasteiger partial charge in [0.1, 0.15) is 0 Å². The van der Waals surface area contributed by atoms with Crippen molar-refractivity contribution in [1.82, 2.24) is 9.55 Å². The first kappa shape index (κ1) is 9.89. The summed E-state index contributed by atoms with van der Waals surface area (Å²) >= 11 is 5.51. The minimum absolute atomic E-state index is 0.650. The van der Waals surface area contributed by atoms with E-state index in [0.29, 0.717) is 6.04 Å². The van der Waals surface area contributed by atoms with Crippen LogP contribution in [0.15, 0.2) is 24.3 Å². The number of nitrogens with zero attached hydrogens (tertiary/aromatic N) is 1. The zero-order chi connectivity index (χ0) is 11.4. The molecule has 2 saturated carbocycles. The van der Waals surface area contributed by atoms with Crippen molar-refractivity contribution in [2.45, 2.75) is 31.7 Å². The number of aromatic nitrogens is 2. The molecule has 0 radical (unpaired) electrons. The van der Waals surface area contributed by atoms with Crippen LogP contribution in [0.2, 0.25) is 0 Å². The van der Waals surface area contributed by atoms with E-state index in [1.54, 1.807) is 0 Å². The molecule has 0 aliphatic heterocycles. The number of para-hydroxylation sites is 2. The molecule has 2 fully saturated rings. The van der Waals surface area contributed by atoms with Crippen molar-refractivity contribution < 1.29 is 0 Å². The fourth-order valence-electron chi connectivity index (χ4n) is 3.93. The Morgan fingerprint density at radius 3 is 2.82 bits per heavy atom. The van der Waals surface area contributed by atoms with E-state index in [-0.39, 0.29) is 0 Å². The van der Waals surface area contributed by atoms with Crippen molar-refractivity contribution in [2.24, 2.45) is 11.8 Å². The minimum atomic E-state index is 0.650. The van der Waals surface area contributed by atoms with E-state index in [9.17, 15) is 0 Å². The number of aromatic amines is 1. The van der Waals surface area contributed by atoms with Crippen LogP contribution in [-0.2, 0) is 0 Å². The molecule has 1 aromatic heterocycles. The van der Waals surface area contributed by atoms with Gasteiger partial charge in [0.15, 0.2) is 4.77 Å². The lowest BCUT2D eigenvalue weighted by Crippen LogP contribution is -2.16. The Balaban J connectivity index is 1.90. The summed E-state index contributed by atoms with van der Waals surface area (Å²) in [6.07, 6.45) is 5.60. The largest absolute Gasteiger partial charge is 0.331 e. The highest BCUT2D eigenvalue weighted by molar-refractivity contribution is 7.71. The van der Waals surface area contributed by atoms with E-state index < -0.39 is 0 Å². The van der Waals surface area contributed by atoms with Crippen LogP contribution in [0.1, 0.15) is 31.7 Å². The monoisotopic (exact) mass is 244 g/mol. The molecule has 0 spiro atoms. The molecule has 88 valence electrons. The number of imidazole rings is 1. The summed E-state index contributed by atoms with van der Waals surface area (Å²) in [5.41, 5.74) is 2.47. The summed E-state index contributed by atoms with van der Waals surface area (Å²) in [6, 6.07) is 9.13. The molecule has 2 aromatic rings. The Morgan fingerprint density at radius 2 is 2.06 bits per heavy atom. The minimum Gasteiger partial charge on any atom is -0.331 e. The second-order valence-electron chi connectivity index (χ2n) is 5.56. The zero-order valence-corrected chi connectivity index (χ0v) is 10.5. The third-order valence-electron chi connectivity index (χ3n) is 4.66. The Kier molecular flexibility index (Phi) is 2.01. The topological polar surface area (TPSA) is 20.7 Å². The van der Waals surface area contributed by atoms with Crippen molar-refractivity contribution >= 4 is 23.3 Å². The van der Waals surface area contributed by atoms with E-state index in [1.807, 2.05) is 0 Å². The van der Waals surface area contributed by atoms with E-state index >= 15 is 0 Å². The highest BCUT2D eigenvalue weighted by Gasteiger charge is 2.41. The Labute approximate surface area is 106 Å². The van der Waals surface area contributed by atoms with Gasteiger partial charge in [0, 0.05) is 6.04 Å². The quantitative estimate of drug-likeness (QED) is 0.750. The summed E-state index contributed by atoms with van der Waals surface area (Å²) in [5.74, 6) is 1.83. The lowest BCUT2D eigenvalue weighted by atomic mass is 9.95. The highest BCUT2D eigenvalue weighted by Crippen LogP contribution is 2.51. The molecule has 17 heavy (non-hydrogen) atoms. The van der Waals surface area contributed by atoms with Gasteiger partial charge < -0.3 is 9.55 Å². The van der Waals surface area contributed by atoms with Gasteiger partial charge in [-0.15, -0.1) is 0 Å². The summed E-state index contributed by atoms with van der Waals surface area (Å²) < 4.78 is 3.29. The predicted octanol–water partition coefficient (Wildman–Crippen LogP) is 4.06.